The van der Waals surface area contributed by atoms with Gasteiger partial charge in [0, 0.05) is 18.5 Å². The van der Waals surface area contributed by atoms with Crippen LogP contribution in [0.3, 0.4) is 0 Å². The molecule has 9 nitrogen and oxygen atoms in total. The number of likely N-dealkylation sites (tertiary alicyclic amines) is 1. The topological polar surface area (TPSA) is 108 Å². The monoisotopic (exact) mass is 500 g/mol. The van der Waals surface area contributed by atoms with Crippen molar-refractivity contribution in [3.63, 3.8) is 0 Å². The molecule has 0 aliphatic carbocycles. The first-order chi connectivity index (χ1) is 17.9. The molecule has 4 aromatic rings. The first-order valence-electron chi connectivity index (χ1n) is 12.0. The molecule has 10 heteroatoms. The highest BCUT2D eigenvalue weighted by atomic mass is 19.1. The molecule has 188 valence electrons. The van der Waals surface area contributed by atoms with Crippen LogP contribution in [0.15, 0.2) is 67.5 Å². The highest BCUT2D eigenvalue weighted by molar-refractivity contribution is 5.98. The second-order valence-electron chi connectivity index (χ2n) is 9.40. The Morgan fingerprint density at radius 3 is 2.62 bits per heavy atom. The lowest BCUT2D eigenvalue weighted by Gasteiger charge is -2.22. The van der Waals surface area contributed by atoms with Gasteiger partial charge >= 0.3 is 0 Å². The van der Waals surface area contributed by atoms with Crippen LogP contribution in [0, 0.1) is 5.82 Å². The van der Waals surface area contributed by atoms with Gasteiger partial charge in [-0.1, -0.05) is 6.58 Å². The number of nitrogens with zero attached hydrogens (tertiary/aromatic N) is 5. The summed E-state index contributed by atoms with van der Waals surface area (Å²) in [5.41, 5.74) is 8.01. The zero-order valence-electron chi connectivity index (χ0n) is 20.0. The molecule has 2 saturated heterocycles. The highest BCUT2D eigenvalue weighted by Crippen LogP contribution is 2.42. The fourth-order valence-corrected chi connectivity index (χ4v) is 5.20. The second kappa shape index (κ2) is 8.97. The van der Waals surface area contributed by atoms with Crippen LogP contribution in [0.25, 0.3) is 22.3 Å². The van der Waals surface area contributed by atoms with Crippen LogP contribution in [0.2, 0.25) is 0 Å². The van der Waals surface area contributed by atoms with Gasteiger partial charge in [0.2, 0.25) is 5.91 Å². The summed E-state index contributed by atoms with van der Waals surface area (Å²) in [6, 6.07) is 13.2. The van der Waals surface area contributed by atoms with Crippen LogP contribution in [-0.2, 0) is 9.53 Å². The number of hydrogen-bond acceptors (Lipinski definition) is 7. The van der Waals surface area contributed by atoms with E-state index in [1.807, 2.05) is 28.9 Å². The van der Waals surface area contributed by atoms with Crippen molar-refractivity contribution in [3.05, 3.63) is 73.3 Å². The third-order valence-electron chi connectivity index (χ3n) is 7.03. The SMILES string of the molecule is C=CC(=O)N1CCC2(CC(n3nc(-c4ccc(Oc5ccc(F)cc5)cc4)c4c(N)ncnc43)CO2)C1. The largest absolute Gasteiger partial charge is 0.457 e. The maximum atomic E-state index is 13.2. The fourth-order valence-electron chi connectivity index (χ4n) is 5.20. The van der Waals surface area contributed by atoms with Crippen LogP contribution in [0.1, 0.15) is 18.9 Å². The van der Waals surface area contributed by atoms with Gasteiger partial charge in [0.15, 0.2) is 5.65 Å². The van der Waals surface area contributed by atoms with E-state index in [4.69, 9.17) is 20.3 Å². The van der Waals surface area contributed by atoms with Crippen molar-refractivity contribution < 1.29 is 18.7 Å². The van der Waals surface area contributed by atoms with Gasteiger partial charge in [0.1, 0.15) is 35.2 Å². The van der Waals surface area contributed by atoms with Crippen molar-refractivity contribution >= 4 is 22.8 Å². The maximum absolute atomic E-state index is 13.2. The van der Waals surface area contributed by atoms with Crippen molar-refractivity contribution in [2.75, 3.05) is 25.4 Å². The van der Waals surface area contributed by atoms with E-state index in [9.17, 15) is 9.18 Å². The van der Waals surface area contributed by atoms with E-state index in [1.54, 1.807) is 17.0 Å². The van der Waals surface area contributed by atoms with E-state index >= 15 is 0 Å². The lowest BCUT2D eigenvalue weighted by atomic mass is 9.97. The summed E-state index contributed by atoms with van der Waals surface area (Å²) < 4.78 is 27.1. The van der Waals surface area contributed by atoms with Gasteiger partial charge < -0.3 is 20.1 Å². The van der Waals surface area contributed by atoms with Gasteiger partial charge in [0.25, 0.3) is 0 Å². The van der Waals surface area contributed by atoms with Gasteiger partial charge in [-0.25, -0.2) is 19.0 Å². The molecule has 2 unspecified atom stereocenters. The number of nitrogens with two attached hydrogens (primary N) is 1. The summed E-state index contributed by atoms with van der Waals surface area (Å²) in [6.07, 6.45) is 4.25. The molecular formula is C27H25FN6O3. The number of hydrogen-bond donors (Lipinski definition) is 1. The van der Waals surface area contributed by atoms with E-state index in [0.717, 1.165) is 12.0 Å². The summed E-state index contributed by atoms with van der Waals surface area (Å²) in [5.74, 6) is 1.09. The Hall–Kier alpha value is -4.31. The van der Waals surface area contributed by atoms with Gasteiger partial charge in [-0.15, -0.1) is 0 Å². The lowest BCUT2D eigenvalue weighted by Crippen LogP contribution is -2.35. The predicted octanol–water partition coefficient (Wildman–Crippen LogP) is 4.13. The van der Waals surface area contributed by atoms with E-state index in [0.29, 0.717) is 60.2 Å². The summed E-state index contributed by atoms with van der Waals surface area (Å²) in [7, 11) is 0. The molecule has 2 aromatic carbocycles. The molecule has 0 bridgehead atoms. The number of ether oxygens (including phenoxy) is 2. The lowest BCUT2D eigenvalue weighted by molar-refractivity contribution is -0.126. The van der Waals surface area contributed by atoms with Crippen molar-refractivity contribution in [1.82, 2.24) is 24.6 Å². The van der Waals surface area contributed by atoms with Crippen LogP contribution < -0.4 is 10.5 Å². The van der Waals surface area contributed by atoms with Crippen LogP contribution in [0.5, 0.6) is 11.5 Å². The standard InChI is InChI=1S/C27H25FN6O3/c1-2-22(35)33-12-11-27(15-33)13-19(14-36-27)34-26-23(25(29)30-16-31-26)24(32-34)17-3-7-20(8-4-17)37-21-9-5-18(28)6-10-21/h2-10,16,19H,1,11-15H2,(H2,29,30,31). The molecule has 2 N–H and O–H groups in total. The first kappa shape index (κ1) is 23.1. The van der Waals surface area contributed by atoms with Crippen molar-refractivity contribution in [2.45, 2.75) is 24.5 Å². The summed E-state index contributed by atoms with van der Waals surface area (Å²) in [5, 5.41) is 5.60. The Bertz CT molecular complexity index is 1490. The normalized spacial score (nSPS) is 21.1. The number of carbonyl (C=O) groups excluding carboxylic acids is 1. The quantitative estimate of drug-likeness (QED) is 0.411. The van der Waals surface area contributed by atoms with Crippen LogP contribution >= 0.6 is 0 Å². The number of aromatic nitrogens is 4. The molecule has 2 aliphatic rings. The average Bonchev–Trinajstić information content (AvgIpc) is 3.63. The molecule has 6 rings (SSSR count). The minimum Gasteiger partial charge on any atom is -0.457 e. The summed E-state index contributed by atoms with van der Waals surface area (Å²) >= 11 is 0. The molecule has 2 fully saturated rings. The predicted molar refractivity (Wildman–Crippen MR) is 135 cm³/mol. The smallest absolute Gasteiger partial charge is 0.246 e. The molecular weight excluding hydrogens is 475 g/mol. The first-order valence-corrected chi connectivity index (χ1v) is 12.0. The number of nitrogen functional groups attached to an aromatic ring is 1. The van der Waals surface area contributed by atoms with Gasteiger partial charge in [0.05, 0.1) is 30.2 Å². The Balaban J connectivity index is 1.29. The third-order valence-corrected chi connectivity index (χ3v) is 7.03. The van der Waals surface area contributed by atoms with Crippen molar-refractivity contribution in [2.24, 2.45) is 0 Å². The van der Waals surface area contributed by atoms with Crippen molar-refractivity contribution in [1.29, 1.82) is 0 Å². The molecule has 2 aliphatic heterocycles. The third kappa shape index (κ3) is 4.19. The van der Waals surface area contributed by atoms with Crippen molar-refractivity contribution in [3.8, 4) is 22.8 Å². The van der Waals surface area contributed by atoms with Crippen LogP contribution in [0.4, 0.5) is 10.2 Å². The zero-order valence-corrected chi connectivity index (χ0v) is 20.0. The van der Waals surface area contributed by atoms with Gasteiger partial charge in [-0.3, -0.25) is 4.79 Å². The summed E-state index contributed by atoms with van der Waals surface area (Å²) in [4.78, 5) is 22.6. The molecule has 1 amide bonds. The zero-order chi connectivity index (χ0) is 25.6. The Kier molecular flexibility index (Phi) is 5.60. The molecule has 4 heterocycles. The maximum Gasteiger partial charge on any atom is 0.246 e. The molecule has 1 spiro atoms. The average molecular weight is 501 g/mol. The minimum atomic E-state index is -0.403. The highest BCUT2D eigenvalue weighted by Gasteiger charge is 2.47. The number of carbonyl (C=O) groups is 1. The minimum absolute atomic E-state index is 0.0644. The van der Waals surface area contributed by atoms with E-state index < -0.39 is 5.60 Å². The Morgan fingerprint density at radius 2 is 1.89 bits per heavy atom. The number of rotatable bonds is 5. The fraction of sp³-hybridized carbons (Fsp3) is 0.259. The molecule has 0 radical (unpaired) electrons. The number of halogens is 1. The number of fused-ring (bicyclic) bond motifs is 1. The van der Waals surface area contributed by atoms with E-state index in [2.05, 4.69) is 16.5 Å². The molecule has 0 saturated carbocycles. The Labute approximate surface area is 212 Å². The number of amides is 1. The van der Waals surface area contributed by atoms with E-state index in [1.165, 1.54) is 24.5 Å². The van der Waals surface area contributed by atoms with Gasteiger partial charge in [-0.2, -0.15) is 5.10 Å². The second-order valence-corrected chi connectivity index (χ2v) is 9.40. The van der Waals surface area contributed by atoms with E-state index in [-0.39, 0.29) is 17.8 Å². The van der Waals surface area contributed by atoms with Gasteiger partial charge in [-0.05, 0) is 61.0 Å². The molecule has 2 atom stereocenters. The summed E-state index contributed by atoms with van der Waals surface area (Å²) in [6.45, 7) is 5.23. The Morgan fingerprint density at radius 1 is 1.16 bits per heavy atom. The van der Waals surface area contributed by atoms with Crippen LogP contribution in [-0.4, -0.2) is 55.9 Å². The number of benzene rings is 2. The molecule has 37 heavy (non-hydrogen) atoms. The number of anilines is 1. The molecule has 2 aromatic heterocycles.